The first-order valence-electron chi connectivity index (χ1n) is 7.31. The van der Waals surface area contributed by atoms with Crippen LogP contribution in [-0.4, -0.2) is 19.2 Å². The lowest BCUT2D eigenvalue weighted by molar-refractivity contribution is 0.354. The van der Waals surface area contributed by atoms with Crippen LogP contribution in [0.15, 0.2) is 45.6 Å². The van der Waals surface area contributed by atoms with Gasteiger partial charge in [0, 0.05) is 19.3 Å². The van der Waals surface area contributed by atoms with Crippen LogP contribution in [0.25, 0.3) is 10.6 Å². The van der Waals surface area contributed by atoms with Crippen molar-refractivity contribution < 1.29 is 13.9 Å². The summed E-state index contributed by atoms with van der Waals surface area (Å²) in [5.74, 6) is 2.29. The molecule has 1 aromatic carbocycles. The maximum Gasteiger partial charge on any atom is 0.169 e. The molecule has 0 fully saturated rings. The standard InChI is InChI=1S/C17H17BrN2O3S/c1-21-12-4-3-11(7-14(12)22-2)8-19-10-17-20-9-15(24-17)13-5-6-16(18)23-13/h3-7,9,19H,8,10H2,1-2H3. The Labute approximate surface area is 152 Å². The Morgan fingerprint density at radius 3 is 2.67 bits per heavy atom. The minimum atomic E-state index is 0.695. The number of thiazole rings is 1. The number of furan rings is 1. The molecule has 126 valence electrons. The monoisotopic (exact) mass is 408 g/mol. The quantitative estimate of drug-likeness (QED) is 0.624. The minimum absolute atomic E-state index is 0.695. The fourth-order valence-electron chi connectivity index (χ4n) is 2.26. The number of ether oxygens (including phenoxy) is 2. The summed E-state index contributed by atoms with van der Waals surface area (Å²) in [6.45, 7) is 1.42. The van der Waals surface area contributed by atoms with E-state index in [1.165, 1.54) is 0 Å². The Balaban J connectivity index is 1.58. The topological polar surface area (TPSA) is 56.5 Å². The Morgan fingerprint density at radius 2 is 1.96 bits per heavy atom. The van der Waals surface area contributed by atoms with Gasteiger partial charge in [0.25, 0.3) is 0 Å². The van der Waals surface area contributed by atoms with Crippen LogP contribution in [-0.2, 0) is 13.1 Å². The molecule has 0 saturated carbocycles. The predicted octanol–water partition coefficient (Wildman–Crippen LogP) is 4.47. The highest BCUT2D eigenvalue weighted by atomic mass is 79.9. The predicted molar refractivity (Wildman–Crippen MR) is 97.6 cm³/mol. The first-order valence-corrected chi connectivity index (χ1v) is 8.92. The molecule has 5 nitrogen and oxygen atoms in total. The molecule has 7 heteroatoms. The highest BCUT2D eigenvalue weighted by Crippen LogP contribution is 2.30. The largest absolute Gasteiger partial charge is 0.493 e. The highest BCUT2D eigenvalue weighted by Gasteiger charge is 2.09. The van der Waals surface area contributed by atoms with Crippen molar-refractivity contribution in [3.63, 3.8) is 0 Å². The molecule has 0 radical (unpaired) electrons. The summed E-state index contributed by atoms with van der Waals surface area (Å²) in [6, 6.07) is 9.70. The van der Waals surface area contributed by atoms with Crippen LogP contribution in [0, 0.1) is 0 Å². The summed E-state index contributed by atoms with van der Waals surface area (Å²) in [4.78, 5) is 5.45. The van der Waals surface area contributed by atoms with Crippen molar-refractivity contribution >= 4 is 27.3 Å². The molecule has 1 N–H and O–H groups in total. The van der Waals surface area contributed by atoms with Gasteiger partial charge in [-0.3, -0.25) is 0 Å². The van der Waals surface area contributed by atoms with Crippen LogP contribution in [0.5, 0.6) is 11.5 Å². The number of rotatable bonds is 7. The van der Waals surface area contributed by atoms with Crippen molar-refractivity contribution in [2.75, 3.05) is 14.2 Å². The summed E-state index contributed by atoms with van der Waals surface area (Å²) in [7, 11) is 3.27. The Morgan fingerprint density at radius 1 is 1.12 bits per heavy atom. The minimum Gasteiger partial charge on any atom is -0.493 e. The first kappa shape index (κ1) is 17.0. The van der Waals surface area contributed by atoms with Crippen LogP contribution in [0.2, 0.25) is 0 Å². The van der Waals surface area contributed by atoms with E-state index in [0.717, 1.165) is 43.9 Å². The molecule has 0 aliphatic carbocycles. The molecule has 0 saturated heterocycles. The van der Waals surface area contributed by atoms with Crippen LogP contribution in [0.1, 0.15) is 10.6 Å². The number of nitrogens with one attached hydrogen (secondary N) is 1. The summed E-state index contributed by atoms with van der Waals surface area (Å²) in [5, 5.41) is 4.40. The van der Waals surface area contributed by atoms with Gasteiger partial charge in [-0.1, -0.05) is 6.07 Å². The molecule has 24 heavy (non-hydrogen) atoms. The van der Waals surface area contributed by atoms with Crippen molar-refractivity contribution in [2.24, 2.45) is 0 Å². The van der Waals surface area contributed by atoms with E-state index in [9.17, 15) is 0 Å². The summed E-state index contributed by atoms with van der Waals surface area (Å²) < 4.78 is 16.8. The molecule has 0 aliphatic heterocycles. The number of aromatic nitrogens is 1. The van der Waals surface area contributed by atoms with Crippen molar-refractivity contribution in [3.05, 3.63) is 51.8 Å². The third kappa shape index (κ3) is 3.98. The normalized spacial score (nSPS) is 10.8. The molecule has 3 aromatic rings. The molecule has 0 unspecified atom stereocenters. The van der Waals surface area contributed by atoms with E-state index in [2.05, 4.69) is 26.2 Å². The molecular weight excluding hydrogens is 392 g/mol. The van der Waals surface area contributed by atoms with Gasteiger partial charge in [-0.25, -0.2) is 4.98 Å². The second kappa shape index (κ2) is 7.83. The van der Waals surface area contributed by atoms with Gasteiger partial charge in [-0.15, -0.1) is 11.3 Å². The maximum absolute atomic E-state index is 5.54. The first-order chi connectivity index (χ1) is 11.7. The lowest BCUT2D eigenvalue weighted by atomic mass is 10.2. The third-order valence-corrected chi connectivity index (χ3v) is 4.86. The molecule has 0 bridgehead atoms. The van der Waals surface area contributed by atoms with Crippen molar-refractivity contribution in [1.29, 1.82) is 0 Å². The van der Waals surface area contributed by atoms with Crippen LogP contribution >= 0.6 is 27.3 Å². The van der Waals surface area contributed by atoms with Gasteiger partial charge in [0.15, 0.2) is 16.2 Å². The molecule has 0 amide bonds. The van der Waals surface area contributed by atoms with Crippen LogP contribution in [0.3, 0.4) is 0 Å². The summed E-state index contributed by atoms with van der Waals surface area (Å²) >= 11 is 4.93. The van der Waals surface area contributed by atoms with Crippen LogP contribution in [0.4, 0.5) is 0 Å². The summed E-state index contributed by atoms with van der Waals surface area (Å²) in [6.07, 6.45) is 1.84. The zero-order chi connectivity index (χ0) is 16.9. The van der Waals surface area contributed by atoms with Gasteiger partial charge in [-0.05, 0) is 45.8 Å². The zero-order valence-electron chi connectivity index (χ0n) is 13.3. The highest BCUT2D eigenvalue weighted by molar-refractivity contribution is 9.10. The molecule has 3 rings (SSSR count). The van der Waals surface area contributed by atoms with Gasteiger partial charge in [-0.2, -0.15) is 0 Å². The average molecular weight is 409 g/mol. The molecule has 0 atom stereocenters. The van der Waals surface area contributed by atoms with E-state index in [0.29, 0.717) is 6.54 Å². The van der Waals surface area contributed by atoms with Gasteiger partial charge in [0.05, 0.1) is 19.1 Å². The van der Waals surface area contributed by atoms with Gasteiger partial charge in [0.1, 0.15) is 10.8 Å². The lowest BCUT2D eigenvalue weighted by Crippen LogP contribution is -2.12. The van der Waals surface area contributed by atoms with Gasteiger partial charge < -0.3 is 19.2 Å². The Hall–Kier alpha value is -1.83. The molecule has 0 aliphatic rings. The fraction of sp³-hybridized carbons (Fsp3) is 0.235. The number of hydrogen-bond acceptors (Lipinski definition) is 6. The Bertz CT molecular complexity index is 816. The van der Waals surface area contributed by atoms with E-state index in [-0.39, 0.29) is 0 Å². The maximum atomic E-state index is 5.54. The van der Waals surface area contributed by atoms with Gasteiger partial charge >= 0.3 is 0 Å². The number of halogens is 1. The molecular formula is C17H17BrN2O3S. The van der Waals surface area contributed by atoms with Crippen LogP contribution < -0.4 is 14.8 Å². The second-order valence-corrected chi connectivity index (χ2v) is 6.91. The number of hydrogen-bond donors (Lipinski definition) is 1. The number of methoxy groups -OCH3 is 2. The molecule has 2 heterocycles. The molecule has 2 aromatic heterocycles. The zero-order valence-corrected chi connectivity index (χ0v) is 15.7. The number of benzene rings is 1. The van der Waals surface area contributed by atoms with E-state index in [1.807, 2.05) is 36.5 Å². The number of nitrogens with zero attached hydrogens (tertiary/aromatic N) is 1. The Kier molecular flexibility index (Phi) is 5.55. The molecule has 0 spiro atoms. The smallest absolute Gasteiger partial charge is 0.169 e. The average Bonchev–Trinajstić information content (AvgIpc) is 3.23. The lowest BCUT2D eigenvalue weighted by Gasteiger charge is -2.09. The van der Waals surface area contributed by atoms with E-state index in [1.54, 1.807) is 25.6 Å². The van der Waals surface area contributed by atoms with Crippen molar-refractivity contribution in [3.8, 4) is 22.1 Å². The fourth-order valence-corrected chi connectivity index (χ4v) is 3.41. The van der Waals surface area contributed by atoms with Gasteiger partial charge in [0.2, 0.25) is 0 Å². The summed E-state index contributed by atoms with van der Waals surface area (Å²) in [5.41, 5.74) is 1.12. The SMILES string of the molecule is COc1ccc(CNCc2ncc(-c3ccc(Br)o3)s2)cc1OC. The van der Waals surface area contributed by atoms with E-state index >= 15 is 0 Å². The van der Waals surface area contributed by atoms with E-state index in [4.69, 9.17) is 13.9 Å². The van der Waals surface area contributed by atoms with Crippen molar-refractivity contribution in [1.82, 2.24) is 10.3 Å². The van der Waals surface area contributed by atoms with E-state index < -0.39 is 0 Å². The second-order valence-electron chi connectivity index (χ2n) is 5.01. The van der Waals surface area contributed by atoms with Crippen molar-refractivity contribution in [2.45, 2.75) is 13.1 Å². The third-order valence-electron chi connectivity index (χ3n) is 3.42.